The highest BCUT2D eigenvalue weighted by Gasteiger charge is 2.88. The second kappa shape index (κ2) is 14.0. The normalized spacial score (nSPS) is 36.2. The van der Waals surface area contributed by atoms with E-state index in [0.29, 0.717) is 17.6 Å². The summed E-state index contributed by atoms with van der Waals surface area (Å²) >= 11 is 0. The lowest BCUT2D eigenvalue weighted by Gasteiger charge is -2.53. The van der Waals surface area contributed by atoms with E-state index in [2.05, 4.69) is 6.92 Å². The summed E-state index contributed by atoms with van der Waals surface area (Å²) in [4.78, 5) is 39.6. The molecule has 8 heteroatoms. The van der Waals surface area contributed by atoms with Gasteiger partial charge in [0.05, 0.1) is 12.2 Å². The van der Waals surface area contributed by atoms with Crippen molar-refractivity contribution < 1.29 is 38.8 Å². The summed E-state index contributed by atoms with van der Waals surface area (Å²) in [5, 5.41) is 23.3. The molecule has 2 N–H and O–H groups in total. The van der Waals surface area contributed by atoms with Crippen LogP contribution in [-0.2, 0) is 28.6 Å². The van der Waals surface area contributed by atoms with Gasteiger partial charge in [0.25, 0.3) is 0 Å². The largest absolute Gasteiger partial charge is 0.458 e. The van der Waals surface area contributed by atoms with Crippen molar-refractivity contribution in [2.24, 2.45) is 29.1 Å². The molecule has 0 aliphatic heterocycles. The van der Waals surface area contributed by atoms with E-state index in [0.717, 1.165) is 12.8 Å². The van der Waals surface area contributed by atoms with Gasteiger partial charge < -0.3 is 24.4 Å². The van der Waals surface area contributed by atoms with Gasteiger partial charge in [-0.2, -0.15) is 0 Å². The van der Waals surface area contributed by atoms with E-state index in [-0.39, 0.29) is 31.2 Å². The molecule has 2 saturated carbocycles. The number of hydrogen-bond donors (Lipinski definition) is 2. The minimum Gasteiger partial charge on any atom is -0.458 e. The third kappa shape index (κ3) is 6.09. The van der Waals surface area contributed by atoms with E-state index in [9.17, 15) is 24.6 Å². The van der Waals surface area contributed by atoms with Crippen molar-refractivity contribution in [1.29, 1.82) is 0 Å². The maximum absolute atomic E-state index is 13.6. The topological polar surface area (TPSA) is 119 Å². The van der Waals surface area contributed by atoms with Gasteiger partial charge in [0.1, 0.15) is 11.7 Å². The lowest BCUT2D eigenvalue weighted by atomic mass is 9.59. The van der Waals surface area contributed by atoms with Gasteiger partial charge in [0.15, 0.2) is 11.4 Å². The molecule has 4 aliphatic carbocycles. The number of rotatable bonds is 16. The molecular formula is C37H58O8. The SMILES string of the molecule is CCCCCCCCCCCCCC(=O)O[C@@H]1[C@@H](C)[C@]2(O)C3C=C(C)C(=O)[C@@]3(OC)CC(CO)=C[C@H]2C2C(C)(C)[C@@]21OC(C)=O. The van der Waals surface area contributed by atoms with Gasteiger partial charge in [-0.1, -0.05) is 104 Å². The van der Waals surface area contributed by atoms with Gasteiger partial charge in [0, 0.05) is 56.0 Å². The molecule has 4 aliphatic rings. The van der Waals surface area contributed by atoms with E-state index in [1.807, 2.05) is 26.8 Å². The van der Waals surface area contributed by atoms with Crippen LogP contribution < -0.4 is 0 Å². The molecule has 0 radical (unpaired) electrons. The zero-order valence-corrected chi connectivity index (χ0v) is 28.8. The monoisotopic (exact) mass is 630 g/mol. The first kappa shape index (κ1) is 35.8. The predicted molar refractivity (Wildman–Crippen MR) is 172 cm³/mol. The first-order valence-corrected chi connectivity index (χ1v) is 17.5. The molecule has 0 bridgehead atoms. The van der Waals surface area contributed by atoms with Crippen LogP contribution in [0.1, 0.15) is 125 Å². The highest BCUT2D eigenvalue weighted by Crippen LogP contribution is 2.77. The molecule has 8 nitrogen and oxygen atoms in total. The Morgan fingerprint density at radius 3 is 2.09 bits per heavy atom. The fourth-order valence-corrected chi connectivity index (χ4v) is 9.46. The molecule has 0 saturated heterocycles. The number of carbonyl (C=O) groups is 3. The van der Waals surface area contributed by atoms with Gasteiger partial charge in [0.2, 0.25) is 0 Å². The van der Waals surface area contributed by atoms with Crippen LogP contribution in [0.15, 0.2) is 23.3 Å². The summed E-state index contributed by atoms with van der Waals surface area (Å²) in [5.74, 6) is -3.52. The average Bonchev–Trinajstić information content (AvgIpc) is 3.40. The molecule has 2 unspecified atom stereocenters. The molecule has 0 aromatic rings. The number of hydrogen-bond acceptors (Lipinski definition) is 8. The molecule has 0 aromatic heterocycles. The first-order chi connectivity index (χ1) is 21.3. The zero-order valence-electron chi connectivity index (χ0n) is 28.8. The molecule has 254 valence electrons. The Kier molecular flexibility index (Phi) is 11.1. The minimum absolute atomic E-state index is 0.139. The van der Waals surface area contributed by atoms with Crippen LogP contribution in [0.2, 0.25) is 0 Å². The first-order valence-electron chi connectivity index (χ1n) is 17.5. The fourth-order valence-electron chi connectivity index (χ4n) is 9.46. The molecule has 0 aromatic carbocycles. The summed E-state index contributed by atoms with van der Waals surface area (Å²) in [6.45, 7) is 10.8. The summed E-state index contributed by atoms with van der Waals surface area (Å²) in [6, 6.07) is 0. The number of esters is 2. The maximum Gasteiger partial charge on any atom is 0.306 e. The quantitative estimate of drug-likeness (QED) is 0.114. The van der Waals surface area contributed by atoms with Crippen molar-refractivity contribution in [1.82, 2.24) is 0 Å². The minimum atomic E-state index is -1.58. The number of aliphatic hydroxyl groups excluding tert-OH is 1. The Balaban J connectivity index is 1.53. The molecule has 0 amide bonds. The standard InChI is InChI=1S/C37H58O8/c1-8-9-10-11-12-13-14-15-16-17-18-19-30(40)44-33-25(3)36(42)28(31-34(5,6)37(31,33)45-26(4)39)21-27(23-38)22-35(43-7)29(36)20-24(2)32(35)41/h20-21,25,28-29,31,33,38,42H,8-19,22-23H2,1-7H3/t25-,28+,29?,31?,33-,35-,36-,37-/m1/s1. The molecular weight excluding hydrogens is 572 g/mol. The van der Waals surface area contributed by atoms with E-state index in [1.54, 1.807) is 13.0 Å². The molecule has 0 spiro atoms. The highest BCUT2D eigenvalue weighted by molar-refractivity contribution is 6.05. The zero-order chi connectivity index (χ0) is 33.2. The molecule has 2 fully saturated rings. The third-order valence-electron chi connectivity index (χ3n) is 11.9. The summed E-state index contributed by atoms with van der Waals surface area (Å²) in [7, 11) is 1.47. The van der Waals surface area contributed by atoms with Crippen molar-refractivity contribution in [2.45, 2.75) is 148 Å². The van der Waals surface area contributed by atoms with Crippen LogP contribution in [0, 0.1) is 29.1 Å². The number of Topliss-reactive ketones (excluding diaryl/α,β-unsaturated/α-hetero) is 1. The Morgan fingerprint density at radius 1 is 0.978 bits per heavy atom. The van der Waals surface area contributed by atoms with Gasteiger partial charge in [-0.05, 0) is 24.5 Å². The fraction of sp³-hybridized carbons (Fsp3) is 0.811. The number of methoxy groups -OCH3 is 1. The van der Waals surface area contributed by atoms with Crippen LogP contribution >= 0.6 is 0 Å². The van der Waals surface area contributed by atoms with Crippen LogP contribution in [0.5, 0.6) is 0 Å². The van der Waals surface area contributed by atoms with Crippen molar-refractivity contribution in [3.05, 3.63) is 23.3 Å². The highest BCUT2D eigenvalue weighted by atomic mass is 16.6. The summed E-state index contributed by atoms with van der Waals surface area (Å²) in [5.41, 5.74) is -3.68. The van der Waals surface area contributed by atoms with Crippen molar-refractivity contribution in [2.75, 3.05) is 13.7 Å². The molecule has 8 atom stereocenters. The Morgan fingerprint density at radius 2 is 1.56 bits per heavy atom. The van der Waals surface area contributed by atoms with E-state index < -0.39 is 58.0 Å². The third-order valence-corrected chi connectivity index (χ3v) is 11.9. The molecule has 45 heavy (non-hydrogen) atoms. The lowest BCUT2D eigenvalue weighted by Crippen LogP contribution is -2.66. The molecule has 4 rings (SSSR count). The summed E-state index contributed by atoms with van der Waals surface area (Å²) < 4.78 is 18.4. The lowest BCUT2D eigenvalue weighted by molar-refractivity contribution is -0.230. The number of ether oxygens (including phenoxy) is 3. The average molecular weight is 631 g/mol. The number of aliphatic hydroxyl groups is 2. The van der Waals surface area contributed by atoms with Crippen molar-refractivity contribution in [3.8, 4) is 0 Å². The second-order valence-corrected chi connectivity index (χ2v) is 14.9. The second-order valence-electron chi connectivity index (χ2n) is 14.9. The van der Waals surface area contributed by atoms with E-state index in [1.165, 1.54) is 65.4 Å². The van der Waals surface area contributed by atoms with Crippen molar-refractivity contribution >= 4 is 17.7 Å². The number of fused-ring (bicyclic) bond motifs is 5. The summed E-state index contributed by atoms with van der Waals surface area (Å²) in [6.07, 6.45) is 16.1. The number of unbranched alkanes of at least 4 members (excludes halogenated alkanes) is 10. The smallest absolute Gasteiger partial charge is 0.306 e. The number of ketones is 1. The van der Waals surface area contributed by atoms with Crippen LogP contribution in [-0.4, -0.2) is 64.6 Å². The molecule has 0 heterocycles. The van der Waals surface area contributed by atoms with Gasteiger partial charge in [-0.3, -0.25) is 14.4 Å². The van der Waals surface area contributed by atoms with Gasteiger partial charge in [-0.15, -0.1) is 0 Å². The van der Waals surface area contributed by atoms with E-state index >= 15 is 0 Å². The Labute approximate surface area is 270 Å². The van der Waals surface area contributed by atoms with Crippen LogP contribution in [0.3, 0.4) is 0 Å². The Hall–Kier alpha value is -2.03. The maximum atomic E-state index is 13.6. The van der Waals surface area contributed by atoms with Gasteiger partial charge in [-0.25, -0.2) is 0 Å². The Bertz CT molecular complexity index is 1170. The van der Waals surface area contributed by atoms with Crippen molar-refractivity contribution in [3.63, 3.8) is 0 Å². The van der Waals surface area contributed by atoms with E-state index in [4.69, 9.17) is 14.2 Å². The van der Waals surface area contributed by atoms with Crippen LogP contribution in [0.4, 0.5) is 0 Å². The predicted octanol–water partition coefficient (Wildman–Crippen LogP) is 6.41. The van der Waals surface area contributed by atoms with Crippen LogP contribution in [0.25, 0.3) is 0 Å². The van der Waals surface area contributed by atoms with Gasteiger partial charge >= 0.3 is 11.9 Å². The number of carbonyl (C=O) groups excluding carboxylic acids is 3.